The molecule has 0 aromatic heterocycles. The summed E-state index contributed by atoms with van der Waals surface area (Å²) in [5.74, 6) is -0.895. The number of anilines is 1. The molecule has 0 bridgehead atoms. The zero-order valence-electron chi connectivity index (χ0n) is 18.6. The van der Waals surface area contributed by atoms with Crippen molar-refractivity contribution in [1.29, 1.82) is 0 Å². The Morgan fingerprint density at radius 2 is 1.88 bits per heavy atom. The Labute approximate surface area is 199 Å². The molecule has 1 heterocycles. The Balaban J connectivity index is 1.73. The summed E-state index contributed by atoms with van der Waals surface area (Å²) in [6.45, 7) is 4.03. The Morgan fingerprint density at radius 1 is 1.15 bits per heavy atom. The Bertz CT molecular complexity index is 1100. The van der Waals surface area contributed by atoms with Crippen LogP contribution < -0.4 is 14.9 Å². The highest BCUT2D eigenvalue weighted by Gasteiger charge is 2.24. The number of rotatable bonds is 9. The van der Waals surface area contributed by atoms with Gasteiger partial charge in [-0.15, -0.1) is 0 Å². The molecule has 3 rings (SSSR count). The predicted molar refractivity (Wildman–Crippen MR) is 127 cm³/mol. The summed E-state index contributed by atoms with van der Waals surface area (Å²) in [5, 5.41) is 3.21. The van der Waals surface area contributed by atoms with Gasteiger partial charge in [0.15, 0.2) is 0 Å². The van der Waals surface area contributed by atoms with Crippen molar-refractivity contribution in [3.05, 3.63) is 58.6 Å². The minimum Gasteiger partial charge on any atom is -0.376 e. The lowest BCUT2D eigenvalue weighted by molar-refractivity contribution is -0.123. The number of aryl methyl sites for hydroxylation is 2. The molecule has 1 aliphatic rings. The minimum absolute atomic E-state index is 0.00714. The summed E-state index contributed by atoms with van der Waals surface area (Å²) in [6.07, 6.45) is 1.82. The van der Waals surface area contributed by atoms with Crippen molar-refractivity contribution in [1.82, 2.24) is 10.0 Å². The van der Waals surface area contributed by atoms with Crippen LogP contribution in [0, 0.1) is 13.8 Å². The van der Waals surface area contributed by atoms with Crippen LogP contribution in [0.3, 0.4) is 0 Å². The largest absolute Gasteiger partial charge is 0.376 e. The second kappa shape index (κ2) is 11.1. The molecule has 178 valence electrons. The van der Waals surface area contributed by atoms with E-state index in [1.807, 2.05) is 26.0 Å². The van der Waals surface area contributed by atoms with Crippen LogP contribution in [0.2, 0.25) is 5.02 Å². The van der Waals surface area contributed by atoms with Gasteiger partial charge in [-0.2, -0.15) is 0 Å². The van der Waals surface area contributed by atoms with E-state index < -0.39 is 22.5 Å². The Hall–Kier alpha value is -2.46. The van der Waals surface area contributed by atoms with Crippen molar-refractivity contribution in [3.8, 4) is 0 Å². The fourth-order valence-corrected chi connectivity index (χ4v) is 4.60. The van der Waals surface area contributed by atoms with E-state index in [-0.39, 0.29) is 23.5 Å². The number of benzene rings is 2. The zero-order valence-corrected chi connectivity index (χ0v) is 20.2. The van der Waals surface area contributed by atoms with E-state index in [0.717, 1.165) is 24.0 Å². The first-order chi connectivity index (χ1) is 15.7. The number of nitrogens with zero attached hydrogens (tertiary/aromatic N) is 1. The number of sulfonamides is 1. The van der Waals surface area contributed by atoms with Crippen LogP contribution in [0.25, 0.3) is 0 Å². The van der Waals surface area contributed by atoms with Gasteiger partial charge in [-0.25, -0.2) is 13.1 Å². The summed E-state index contributed by atoms with van der Waals surface area (Å²) in [5.41, 5.74) is 2.26. The SMILES string of the molecule is Cc1ccc(C)c(N(CC(=O)NC[C@@H]2CCCO2)C(=O)CNS(=O)(=O)c2ccc(Cl)cc2)c1. The summed E-state index contributed by atoms with van der Waals surface area (Å²) in [4.78, 5) is 27.0. The lowest BCUT2D eigenvalue weighted by Crippen LogP contribution is -2.46. The molecular formula is C23H28ClN3O5S. The Kier molecular flexibility index (Phi) is 8.47. The van der Waals surface area contributed by atoms with E-state index in [1.165, 1.54) is 29.2 Å². The maximum absolute atomic E-state index is 13.1. The normalized spacial score (nSPS) is 15.9. The van der Waals surface area contributed by atoms with E-state index in [0.29, 0.717) is 23.9 Å². The summed E-state index contributed by atoms with van der Waals surface area (Å²) in [7, 11) is -3.93. The van der Waals surface area contributed by atoms with Crippen LogP contribution in [-0.2, 0) is 24.3 Å². The highest BCUT2D eigenvalue weighted by molar-refractivity contribution is 7.89. The molecular weight excluding hydrogens is 466 g/mol. The molecule has 0 saturated carbocycles. The van der Waals surface area contributed by atoms with Gasteiger partial charge in [0.25, 0.3) is 0 Å². The molecule has 0 unspecified atom stereocenters. The van der Waals surface area contributed by atoms with Crippen molar-refractivity contribution >= 4 is 39.1 Å². The molecule has 0 radical (unpaired) electrons. The first-order valence-electron chi connectivity index (χ1n) is 10.7. The highest BCUT2D eigenvalue weighted by Crippen LogP contribution is 2.22. The summed E-state index contributed by atoms with van der Waals surface area (Å²) >= 11 is 5.82. The highest BCUT2D eigenvalue weighted by atomic mass is 35.5. The molecule has 1 fully saturated rings. The van der Waals surface area contributed by atoms with Crippen molar-refractivity contribution < 1.29 is 22.7 Å². The number of halogens is 1. The van der Waals surface area contributed by atoms with Crippen LogP contribution in [0.4, 0.5) is 5.69 Å². The molecule has 2 aromatic rings. The summed E-state index contributed by atoms with van der Waals surface area (Å²) < 4.78 is 33.0. The van der Waals surface area contributed by atoms with Gasteiger partial charge in [0.1, 0.15) is 6.54 Å². The molecule has 2 aromatic carbocycles. The average molecular weight is 494 g/mol. The van der Waals surface area contributed by atoms with Gasteiger partial charge in [-0.1, -0.05) is 23.7 Å². The van der Waals surface area contributed by atoms with Crippen LogP contribution in [-0.4, -0.2) is 52.6 Å². The maximum atomic E-state index is 13.1. The molecule has 10 heteroatoms. The number of nitrogens with one attached hydrogen (secondary N) is 2. The number of carbonyl (C=O) groups excluding carboxylic acids is 2. The molecule has 1 atom stereocenters. The molecule has 8 nitrogen and oxygen atoms in total. The van der Waals surface area contributed by atoms with Crippen LogP contribution >= 0.6 is 11.6 Å². The number of hydrogen-bond donors (Lipinski definition) is 2. The number of hydrogen-bond acceptors (Lipinski definition) is 5. The van der Waals surface area contributed by atoms with Crippen LogP contribution in [0.15, 0.2) is 47.4 Å². The second-order valence-electron chi connectivity index (χ2n) is 7.99. The van der Waals surface area contributed by atoms with Gasteiger partial charge in [0.2, 0.25) is 21.8 Å². The third-order valence-corrected chi connectivity index (χ3v) is 7.02. The quantitative estimate of drug-likeness (QED) is 0.558. The zero-order chi connectivity index (χ0) is 24.0. The fraction of sp³-hybridized carbons (Fsp3) is 0.391. The maximum Gasteiger partial charge on any atom is 0.242 e. The number of carbonyl (C=O) groups is 2. The molecule has 1 aliphatic heterocycles. The van der Waals surface area contributed by atoms with Crippen molar-refractivity contribution in [2.24, 2.45) is 0 Å². The first kappa shape index (κ1) is 25.2. The third-order valence-electron chi connectivity index (χ3n) is 5.35. The monoisotopic (exact) mass is 493 g/mol. The van der Waals surface area contributed by atoms with E-state index >= 15 is 0 Å². The Morgan fingerprint density at radius 3 is 2.55 bits per heavy atom. The van der Waals surface area contributed by atoms with Gasteiger partial charge < -0.3 is 15.0 Å². The second-order valence-corrected chi connectivity index (χ2v) is 10.2. The topological polar surface area (TPSA) is 105 Å². The van der Waals surface area contributed by atoms with E-state index in [2.05, 4.69) is 10.0 Å². The van der Waals surface area contributed by atoms with Crippen LogP contribution in [0.5, 0.6) is 0 Å². The lowest BCUT2D eigenvalue weighted by Gasteiger charge is -2.25. The van der Waals surface area contributed by atoms with Gasteiger partial charge in [-0.05, 0) is 68.1 Å². The van der Waals surface area contributed by atoms with Gasteiger partial charge in [0, 0.05) is 23.9 Å². The summed E-state index contributed by atoms with van der Waals surface area (Å²) in [6, 6.07) is 11.2. The molecule has 33 heavy (non-hydrogen) atoms. The number of amides is 2. The lowest BCUT2D eigenvalue weighted by atomic mass is 10.1. The van der Waals surface area contributed by atoms with E-state index in [1.54, 1.807) is 6.07 Å². The predicted octanol–water partition coefficient (Wildman–Crippen LogP) is 2.56. The fourth-order valence-electron chi connectivity index (χ4n) is 3.50. The minimum atomic E-state index is -3.93. The molecule has 1 saturated heterocycles. The van der Waals surface area contributed by atoms with Gasteiger partial charge in [0.05, 0.1) is 17.5 Å². The number of ether oxygens (including phenoxy) is 1. The smallest absolute Gasteiger partial charge is 0.242 e. The first-order valence-corrected chi connectivity index (χ1v) is 12.5. The molecule has 2 amide bonds. The molecule has 0 spiro atoms. The van der Waals surface area contributed by atoms with Gasteiger partial charge >= 0.3 is 0 Å². The van der Waals surface area contributed by atoms with E-state index in [9.17, 15) is 18.0 Å². The average Bonchev–Trinajstić information content (AvgIpc) is 3.30. The molecule has 0 aliphatic carbocycles. The van der Waals surface area contributed by atoms with E-state index in [4.69, 9.17) is 16.3 Å². The van der Waals surface area contributed by atoms with Gasteiger partial charge in [-0.3, -0.25) is 9.59 Å². The standard InChI is InChI=1S/C23H28ClN3O5S/c1-16-5-6-17(2)21(12-16)27(15-22(28)25-13-19-4-3-11-32-19)23(29)14-26-33(30,31)20-9-7-18(24)8-10-20/h5-10,12,19,26H,3-4,11,13-15H2,1-2H3,(H,25,28)/t19-/m0/s1. The molecule has 2 N–H and O–H groups in total. The van der Waals surface area contributed by atoms with Crippen molar-refractivity contribution in [2.75, 3.05) is 31.1 Å². The van der Waals surface area contributed by atoms with Crippen molar-refractivity contribution in [2.45, 2.75) is 37.7 Å². The third kappa shape index (κ3) is 7.01. The van der Waals surface area contributed by atoms with Crippen molar-refractivity contribution in [3.63, 3.8) is 0 Å². The van der Waals surface area contributed by atoms with Crippen LogP contribution in [0.1, 0.15) is 24.0 Å².